The van der Waals surface area contributed by atoms with Crippen molar-refractivity contribution >= 4 is 11.8 Å². The van der Waals surface area contributed by atoms with Crippen molar-refractivity contribution in [3.05, 3.63) is 23.7 Å². The van der Waals surface area contributed by atoms with Crippen LogP contribution in [0.4, 0.5) is 16.2 Å². The summed E-state index contributed by atoms with van der Waals surface area (Å²) in [7, 11) is 9.61. The summed E-state index contributed by atoms with van der Waals surface area (Å²) in [6.45, 7) is 2.37. The number of hydrogen-bond acceptors (Lipinski definition) is 7. The summed E-state index contributed by atoms with van der Waals surface area (Å²) >= 11 is 0. The highest BCUT2D eigenvalue weighted by Crippen LogP contribution is 2.28. The molecule has 1 unspecified atom stereocenters. The van der Waals surface area contributed by atoms with Crippen LogP contribution in [0.25, 0.3) is 0 Å². The van der Waals surface area contributed by atoms with Crippen LogP contribution in [0.15, 0.2) is 6.20 Å². The van der Waals surface area contributed by atoms with E-state index in [1.54, 1.807) is 19.0 Å². The molecule has 9 heteroatoms. The molecule has 0 bridgehead atoms. The fourth-order valence-electron chi connectivity index (χ4n) is 3.34. The van der Waals surface area contributed by atoms with Crippen LogP contribution < -0.4 is 9.80 Å². The van der Waals surface area contributed by atoms with Crippen molar-refractivity contribution in [2.45, 2.75) is 25.3 Å². The maximum absolute atomic E-state index is 13.9. The van der Waals surface area contributed by atoms with Gasteiger partial charge in [-0.15, -0.1) is 10.2 Å². The Morgan fingerprint density at radius 3 is 2.69 bits per heavy atom. The first-order chi connectivity index (χ1) is 12.4. The lowest BCUT2D eigenvalue weighted by Gasteiger charge is -2.32. The Hall–Kier alpha value is -2.29. The maximum atomic E-state index is 13.9. The van der Waals surface area contributed by atoms with Gasteiger partial charge >= 0.3 is 0 Å². The van der Waals surface area contributed by atoms with Gasteiger partial charge in [0.25, 0.3) is 0 Å². The number of nitrogens with zero attached hydrogens (tertiary/aromatic N) is 8. The Bertz CT molecular complexity index is 757. The van der Waals surface area contributed by atoms with Crippen LogP contribution in [-0.4, -0.2) is 70.9 Å². The number of halogens is 1. The number of rotatable bonds is 5. The fourth-order valence-corrected chi connectivity index (χ4v) is 3.34. The molecular weight excluding hydrogens is 335 g/mol. The van der Waals surface area contributed by atoms with E-state index in [9.17, 15) is 4.39 Å². The van der Waals surface area contributed by atoms with E-state index in [2.05, 4.69) is 34.5 Å². The molecular formula is C17H27FN8. The Balaban J connectivity index is 1.80. The normalized spacial score (nSPS) is 17.8. The second-order valence-electron chi connectivity index (χ2n) is 7.29. The van der Waals surface area contributed by atoms with Gasteiger partial charge in [0.15, 0.2) is 11.6 Å². The van der Waals surface area contributed by atoms with Crippen LogP contribution in [0.5, 0.6) is 0 Å². The SMILES string of the molecule is CN(C)Cc1nnc(C2CCCN(c3ncc(F)c(N(C)C)n3)C2)n1C. The quantitative estimate of drug-likeness (QED) is 0.793. The minimum absolute atomic E-state index is 0.258. The maximum Gasteiger partial charge on any atom is 0.227 e. The first-order valence-corrected chi connectivity index (χ1v) is 8.84. The minimum Gasteiger partial charge on any atom is -0.360 e. The average molecular weight is 362 g/mol. The first kappa shape index (κ1) is 18.5. The summed E-state index contributed by atoms with van der Waals surface area (Å²) in [5, 5.41) is 8.77. The van der Waals surface area contributed by atoms with Crippen molar-refractivity contribution in [3.63, 3.8) is 0 Å². The lowest BCUT2D eigenvalue weighted by molar-refractivity contribution is 0.382. The Labute approximate surface area is 153 Å². The van der Waals surface area contributed by atoms with Crippen LogP contribution in [0.2, 0.25) is 0 Å². The molecule has 0 radical (unpaired) electrons. The van der Waals surface area contributed by atoms with Crippen molar-refractivity contribution in [1.82, 2.24) is 29.6 Å². The van der Waals surface area contributed by atoms with E-state index < -0.39 is 5.82 Å². The molecule has 0 amide bonds. The second-order valence-corrected chi connectivity index (χ2v) is 7.29. The number of piperidine rings is 1. The highest BCUT2D eigenvalue weighted by atomic mass is 19.1. The van der Waals surface area contributed by atoms with Gasteiger partial charge in [0.1, 0.15) is 11.6 Å². The Morgan fingerprint density at radius 1 is 1.23 bits per heavy atom. The van der Waals surface area contributed by atoms with Crippen LogP contribution in [0.3, 0.4) is 0 Å². The van der Waals surface area contributed by atoms with E-state index >= 15 is 0 Å². The van der Waals surface area contributed by atoms with E-state index in [4.69, 9.17) is 0 Å². The van der Waals surface area contributed by atoms with Crippen molar-refractivity contribution in [2.24, 2.45) is 7.05 Å². The van der Waals surface area contributed by atoms with Gasteiger partial charge in [0.05, 0.1) is 12.7 Å². The Kier molecular flexibility index (Phi) is 5.36. The molecule has 1 aliphatic heterocycles. The molecule has 1 aliphatic rings. The lowest BCUT2D eigenvalue weighted by Crippen LogP contribution is -2.36. The van der Waals surface area contributed by atoms with Gasteiger partial charge in [-0.05, 0) is 26.9 Å². The third kappa shape index (κ3) is 3.77. The summed E-state index contributed by atoms with van der Waals surface area (Å²) in [5.74, 6) is 2.67. The van der Waals surface area contributed by atoms with Crippen molar-refractivity contribution in [2.75, 3.05) is 51.1 Å². The molecule has 26 heavy (non-hydrogen) atoms. The van der Waals surface area contributed by atoms with Gasteiger partial charge in [-0.3, -0.25) is 0 Å². The summed E-state index contributed by atoms with van der Waals surface area (Å²) in [5.41, 5.74) is 0. The summed E-state index contributed by atoms with van der Waals surface area (Å²) in [6.07, 6.45) is 3.31. The summed E-state index contributed by atoms with van der Waals surface area (Å²) in [4.78, 5) is 14.5. The molecule has 1 fully saturated rings. The van der Waals surface area contributed by atoms with Gasteiger partial charge in [0, 0.05) is 40.2 Å². The lowest BCUT2D eigenvalue weighted by atomic mass is 9.97. The number of aromatic nitrogens is 5. The van der Waals surface area contributed by atoms with Gasteiger partial charge in [0.2, 0.25) is 5.95 Å². The third-order valence-electron chi connectivity index (χ3n) is 4.66. The minimum atomic E-state index is -0.408. The molecule has 2 aromatic heterocycles. The highest BCUT2D eigenvalue weighted by molar-refractivity contribution is 5.44. The molecule has 0 spiro atoms. The van der Waals surface area contributed by atoms with Crippen LogP contribution in [0.1, 0.15) is 30.4 Å². The van der Waals surface area contributed by atoms with Gasteiger partial charge < -0.3 is 19.3 Å². The molecule has 0 aliphatic carbocycles. The fraction of sp³-hybridized carbons (Fsp3) is 0.647. The highest BCUT2D eigenvalue weighted by Gasteiger charge is 2.28. The molecule has 0 saturated carbocycles. The zero-order valence-corrected chi connectivity index (χ0v) is 16.1. The van der Waals surface area contributed by atoms with Crippen LogP contribution >= 0.6 is 0 Å². The smallest absolute Gasteiger partial charge is 0.227 e. The molecule has 8 nitrogen and oxygen atoms in total. The largest absolute Gasteiger partial charge is 0.360 e. The molecule has 0 aromatic carbocycles. The monoisotopic (exact) mass is 362 g/mol. The molecule has 142 valence electrons. The van der Waals surface area contributed by atoms with Crippen LogP contribution in [-0.2, 0) is 13.6 Å². The Morgan fingerprint density at radius 2 is 2.00 bits per heavy atom. The molecule has 2 aromatic rings. The van der Waals surface area contributed by atoms with Crippen molar-refractivity contribution in [3.8, 4) is 0 Å². The van der Waals surface area contributed by atoms with E-state index in [1.165, 1.54) is 6.20 Å². The van der Waals surface area contributed by atoms with Gasteiger partial charge in [-0.25, -0.2) is 9.37 Å². The predicted molar refractivity (Wildman–Crippen MR) is 98.9 cm³/mol. The zero-order chi connectivity index (χ0) is 18.8. The second kappa shape index (κ2) is 7.53. The number of anilines is 2. The van der Waals surface area contributed by atoms with Crippen molar-refractivity contribution < 1.29 is 4.39 Å². The molecule has 3 rings (SSSR count). The van der Waals surface area contributed by atoms with E-state index in [1.807, 2.05) is 21.1 Å². The van der Waals surface area contributed by atoms with Crippen molar-refractivity contribution in [1.29, 1.82) is 0 Å². The van der Waals surface area contributed by atoms with Crippen LogP contribution in [0, 0.1) is 5.82 Å². The van der Waals surface area contributed by atoms with E-state index in [0.717, 1.165) is 44.1 Å². The molecule has 0 N–H and O–H groups in total. The third-order valence-corrected chi connectivity index (χ3v) is 4.66. The first-order valence-electron chi connectivity index (χ1n) is 8.84. The zero-order valence-electron chi connectivity index (χ0n) is 16.1. The van der Waals surface area contributed by atoms with E-state index in [0.29, 0.717) is 11.8 Å². The topological polar surface area (TPSA) is 66.2 Å². The average Bonchev–Trinajstić information content (AvgIpc) is 2.95. The molecule has 1 saturated heterocycles. The van der Waals surface area contributed by atoms with E-state index in [-0.39, 0.29) is 5.92 Å². The summed E-state index contributed by atoms with van der Waals surface area (Å²) in [6, 6.07) is 0. The molecule has 3 heterocycles. The number of hydrogen-bond donors (Lipinski definition) is 0. The molecule has 1 atom stereocenters. The van der Waals surface area contributed by atoms with Gasteiger partial charge in [-0.1, -0.05) is 0 Å². The van der Waals surface area contributed by atoms with Gasteiger partial charge in [-0.2, -0.15) is 4.98 Å². The summed E-state index contributed by atoms with van der Waals surface area (Å²) < 4.78 is 16.0. The predicted octanol–water partition coefficient (Wildman–Crippen LogP) is 1.26. The standard InChI is InChI=1S/C17H27FN8/c1-23(2)11-14-21-22-15(25(14)5)12-7-6-8-26(10-12)17-19-9-13(18)16(20-17)24(3)4/h9,12H,6-8,10-11H2,1-5H3.